The molecule has 72 valence electrons. The van der Waals surface area contributed by atoms with E-state index in [4.69, 9.17) is 23.2 Å². The molecule has 0 unspecified atom stereocenters. The third kappa shape index (κ3) is 3.43. The van der Waals surface area contributed by atoms with E-state index in [9.17, 15) is 0 Å². The van der Waals surface area contributed by atoms with Gasteiger partial charge < -0.3 is 0 Å². The summed E-state index contributed by atoms with van der Waals surface area (Å²) in [5, 5.41) is 4.95. The molecule has 0 aliphatic heterocycles. The Morgan fingerprint density at radius 2 is 1.85 bits per heavy atom. The Morgan fingerprint density at radius 1 is 1.31 bits per heavy atom. The molecule has 0 saturated carbocycles. The van der Waals surface area contributed by atoms with Gasteiger partial charge in [-0.2, -0.15) is 5.10 Å². The van der Waals surface area contributed by atoms with Crippen LogP contribution in [0.25, 0.3) is 0 Å². The van der Waals surface area contributed by atoms with Crippen LogP contribution in [0, 0.1) is 0 Å². The van der Waals surface area contributed by atoms with Crippen molar-refractivity contribution in [3.8, 4) is 0 Å². The summed E-state index contributed by atoms with van der Waals surface area (Å²) in [7, 11) is 0. The van der Waals surface area contributed by atoms with Crippen molar-refractivity contribution in [2.24, 2.45) is 5.10 Å². The Labute approximate surface area is 93.3 Å². The van der Waals surface area contributed by atoms with E-state index in [0.29, 0.717) is 15.7 Å². The van der Waals surface area contributed by atoms with Gasteiger partial charge in [0.15, 0.2) is 0 Å². The number of halogens is 3. The van der Waals surface area contributed by atoms with Crippen molar-refractivity contribution in [2.75, 3.05) is 5.43 Å². The number of rotatable bonds is 2. The molecule has 1 aromatic carbocycles. The van der Waals surface area contributed by atoms with E-state index in [1.807, 2.05) is 0 Å². The monoisotopic (exact) mass is 238 g/mol. The van der Waals surface area contributed by atoms with E-state index in [-0.39, 0.29) is 12.4 Å². The molecule has 1 aromatic rings. The fraction of sp³-hybridized carbons (Fsp3) is 0.125. The highest BCUT2D eigenvalue weighted by atomic mass is 35.5. The average molecular weight is 240 g/mol. The Hall–Kier alpha value is -0.440. The molecule has 5 heteroatoms. The van der Waals surface area contributed by atoms with E-state index in [1.165, 1.54) is 0 Å². The number of hydrazone groups is 1. The van der Waals surface area contributed by atoms with Gasteiger partial charge in [-0.05, 0) is 19.1 Å². The maximum absolute atomic E-state index is 5.84. The van der Waals surface area contributed by atoms with E-state index < -0.39 is 0 Å². The van der Waals surface area contributed by atoms with E-state index in [0.717, 1.165) is 0 Å². The van der Waals surface area contributed by atoms with Gasteiger partial charge >= 0.3 is 0 Å². The van der Waals surface area contributed by atoms with E-state index in [1.54, 1.807) is 31.3 Å². The van der Waals surface area contributed by atoms with Crippen LogP contribution < -0.4 is 5.43 Å². The van der Waals surface area contributed by atoms with Crippen LogP contribution in [0.1, 0.15) is 6.92 Å². The molecule has 2 nitrogen and oxygen atoms in total. The van der Waals surface area contributed by atoms with Crippen molar-refractivity contribution >= 4 is 47.5 Å². The summed E-state index contributed by atoms with van der Waals surface area (Å²) >= 11 is 11.7. The standard InChI is InChI=1S/C8H8Cl2N2.ClH/c1-2-11-12-8-6(9)4-3-5-7(8)10;/h2-5,12H,1H3;1H. The molecule has 1 rings (SSSR count). The van der Waals surface area contributed by atoms with Gasteiger partial charge in [0.05, 0.1) is 15.7 Å². The third-order valence-electron chi connectivity index (χ3n) is 1.27. The lowest BCUT2D eigenvalue weighted by molar-refractivity contribution is 1.35. The molecule has 0 atom stereocenters. The number of hydrogen-bond acceptors (Lipinski definition) is 2. The Morgan fingerprint density at radius 3 is 2.31 bits per heavy atom. The molecule has 0 fully saturated rings. The van der Waals surface area contributed by atoms with Crippen molar-refractivity contribution in [1.29, 1.82) is 0 Å². The zero-order valence-electron chi connectivity index (χ0n) is 6.92. The smallest absolute Gasteiger partial charge is 0.0934 e. The fourth-order valence-corrected chi connectivity index (χ4v) is 1.22. The Balaban J connectivity index is 0.00000144. The number of nitrogens with zero attached hydrogens (tertiary/aromatic N) is 1. The van der Waals surface area contributed by atoms with Crippen LogP contribution in [-0.2, 0) is 0 Å². The number of hydrogen-bond donors (Lipinski definition) is 1. The summed E-state index contributed by atoms with van der Waals surface area (Å²) in [6.07, 6.45) is 1.62. The quantitative estimate of drug-likeness (QED) is 0.615. The zero-order chi connectivity index (χ0) is 8.97. The minimum Gasteiger partial charge on any atom is -0.276 e. The topological polar surface area (TPSA) is 24.4 Å². The van der Waals surface area contributed by atoms with Gasteiger partial charge in [0.2, 0.25) is 0 Å². The second-order valence-electron chi connectivity index (χ2n) is 2.10. The first kappa shape index (κ1) is 12.6. The van der Waals surface area contributed by atoms with Crippen LogP contribution in [0.5, 0.6) is 0 Å². The number of benzene rings is 1. The van der Waals surface area contributed by atoms with Crippen molar-refractivity contribution in [3.05, 3.63) is 28.2 Å². The van der Waals surface area contributed by atoms with E-state index >= 15 is 0 Å². The Kier molecular flexibility index (Phi) is 5.88. The van der Waals surface area contributed by atoms with Crippen LogP contribution >= 0.6 is 35.6 Å². The van der Waals surface area contributed by atoms with Gasteiger partial charge in [0, 0.05) is 6.21 Å². The molecule has 0 aliphatic rings. The lowest BCUT2D eigenvalue weighted by Gasteiger charge is -2.04. The summed E-state index contributed by atoms with van der Waals surface area (Å²) in [6.45, 7) is 1.80. The highest BCUT2D eigenvalue weighted by Crippen LogP contribution is 2.29. The first-order valence-electron chi connectivity index (χ1n) is 3.43. The molecule has 0 bridgehead atoms. The molecule has 13 heavy (non-hydrogen) atoms. The Bertz CT molecular complexity index is 279. The highest BCUT2D eigenvalue weighted by Gasteiger charge is 2.02. The summed E-state index contributed by atoms with van der Waals surface area (Å²) in [6, 6.07) is 5.29. The largest absolute Gasteiger partial charge is 0.276 e. The number of para-hydroxylation sites is 1. The van der Waals surface area contributed by atoms with Gasteiger partial charge in [0.25, 0.3) is 0 Å². The van der Waals surface area contributed by atoms with Gasteiger partial charge in [0.1, 0.15) is 0 Å². The first-order chi connectivity index (χ1) is 5.75. The molecule has 0 saturated heterocycles. The van der Waals surface area contributed by atoms with Crippen molar-refractivity contribution in [3.63, 3.8) is 0 Å². The summed E-state index contributed by atoms with van der Waals surface area (Å²) in [4.78, 5) is 0. The summed E-state index contributed by atoms with van der Waals surface area (Å²) in [5.74, 6) is 0. The second kappa shape index (κ2) is 6.08. The molecular weight excluding hydrogens is 230 g/mol. The lowest BCUT2D eigenvalue weighted by Crippen LogP contribution is -1.89. The first-order valence-corrected chi connectivity index (χ1v) is 4.19. The second-order valence-corrected chi connectivity index (χ2v) is 2.91. The minimum absolute atomic E-state index is 0. The van der Waals surface area contributed by atoms with Gasteiger partial charge in [-0.3, -0.25) is 5.43 Å². The normalized spacial score (nSPS) is 9.77. The molecule has 0 aliphatic carbocycles. The third-order valence-corrected chi connectivity index (χ3v) is 1.90. The van der Waals surface area contributed by atoms with Crippen molar-refractivity contribution in [1.82, 2.24) is 0 Å². The summed E-state index contributed by atoms with van der Waals surface area (Å²) < 4.78 is 0. The lowest BCUT2D eigenvalue weighted by atomic mass is 10.3. The predicted octanol–water partition coefficient (Wildman–Crippen LogP) is 3.83. The van der Waals surface area contributed by atoms with Crippen LogP contribution in [0.2, 0.25) is 10.0 Å². The molecule has 0 radical (unpaired) electrons. The fourth-order valence-electron chi connectivity index (χ4n) is 0.734. The van der Waals surface area contributed by atoms with Crippen LogP contribution in [0.3, 0.4) is 0 Å². The zero-order valence-corrected chi connectivity index (χ0v) is 9.25. The minimum atomic E-state index is 0. The van der Waals surface area contributed by atoms with E-state index in [2.05, 4.69) is 10.5 Å². The van der Waals surface area contributed by atoms with Gasteiger partial charge in [-0.1, -0.05) is 29.3 Å². The van der Waals surface area contributed by atoms with Gasteiger partial charge in [-0.25, -0.2) is 0 Å². The predicted molar refractivity (Wildman–Crippen MR) is 61.5 cm³/mol. The van der Waals surface area contributed by atoms with Gasteiger partial charge in [-0.15, -0.1) is 12.4 Å². The maximum atomic E-state index is 5.84. The molecule has 0 heterocycles. The number of nitrogens with one attached hydrogen (secondary N) is 1. The number of anilines is 1. The molecule has 0 spiro atoms. The van der Waals surface area contributed by atoms with Crippen LogP contribution in [0.15, 0.2) is 23.3 Å². The maximum Gasteiger partial charge on any atom is 0.0934 e. The molecule has 0 amide bonds. The van der Waals surface area contributed by atoms with Crippen LogP contribution in [-0.4, -0.2) is 6.21 Å². The molecule has 0 aromatic heterocycles. The van der Waals surface area contributed by atoms with Crippen LogP contribution in [0.4, 0.5) is 5.69 Å². The molecular formula is C8H9Cl3N2. The summed E-state index contributed by atoms with van der Waals surface area (Å²) in [5.41, 5.74) is 3.37. The van der Waals surface area contributed by atoms with Crippen molar-refractivity contribution in [2.45, 2.75) is 6.92 Å². The highest BCUT2D eigenvalue weighted by molar-refractivity contribution is 6.39. The SMILES string of the molecule is CC=NNc1c(Cl)cccc1Cl.Cl. The average Bonchev–Trinajstić information content (AvgIpc) is 2.04. The van der Waals surface area contributed by atoms with Crippen molar-refractivity contribution < 1.29 is 0 Å². The molecule has 1 N–H and O–H groups in total.